The topological polar surface area (TPSA) is 74.4 Å². The number of carbonyl (C=O) groups excluding carboxylic acids is 2. The van der Waals surface area contributed by atoms with Crippen LogP contribution in [-0.2, 0) is 16.0 Å². The van der Waals surface area contributed by atoms with Gasteiger partial charge in [0.1, 0.15) is 0 Å². The van der Waals surface area contributed by atoms with Gasteiger partial charge in [0.25, 0.3) is 5.91 Å². The van der Waals surface area contributed by atoms with Gasteiger partial charge in [-0.1, -0.05) is 60.1 Å². The van der Waals surface area contributed by atoms with Crippen LogP contribution in [0, 0.1) is 0 Å². The lowest BCUT2D eigenvalue weighted by Gasteiger charge is -2.41. The van der Waals surface area contributed by atoms with Crippen molar-refractivity contribution in [3.63, 3.8) is 0 Å². The Morgan fingerprint density at radius 3 is 2.58 bits per heavy atom. The molecule has 0 aliphatic carbocycles. The van der Waals surface area contributed by atoms with Gasteiger partial charge in [-0.05, 0) is 41.8 Å². The Balaban J connectivity index is 1.53. The van der Waals surface area contributed by atoms with Gasteiger partial charge in [-0.2, -0.15) is 0 Å². The molecule has 0 radical (unpaired) electrons. The van der Waals surface area contributed by atoms with Crippen LogP contribution in [0.25, 0.3) is 10.9 Å². The van der Waals surface area contributed by atoms with E-state index in [1.165, 1.54) is 0 Å². The Kier molecular flexibility index (Phi) is 7.07. The third-order valence-corrected chi connectivity index (χ3v) is 7.08. The van der Waals surface area contributed by atoms with Crippen LogP contribution in [0.2, 0.25) is 5.02 Å². The summed E-state index contributed by atoms with van der Waals surface area (Å²) in [6.07, 6.45) is 2.60. The summed E-state index contributed by atoms with van der Waals surface area (Å²) < 4.78 is 5.34. The highest BCUT2D eigenvalue weighted by atomic mass is 35.5. The van der Waals surface area contributed by atoms with Crippen molar-refractivity contribution in [2.75, 3.05) is 26.8 Å². The Morgan fingerprint density at radius 2 is 1.78 bits per heavy atom. The minimum Gasteiger partial charge on any atom is -0.383 e. The second-order valence-electron chi connectivity index (χ2n) is 8.96. The van der Waals surface area contributed by atoms with E-state index in [4.69, 9.17) is 16.3 Å². The molecular formula is C29H28ClN3O3. The number of benzene rings is 3. The molecule has 2 atom stereocenters. The van der Waals surface area contributed by atoms with Gasteiger partial charge in [-0.25, -0.2) is 0 Å². The van der Waals surface area contributed by atoms with Gasteiger partial charge in [0.15, 0.2) is 0 Å². The van der Waals surface area contributed by atoms with E-state index < -0.39 is 12.0 Å². The number of fused-ring (bicyclic) bond motifs is 2. The molecule has 2 heterocycles. The van der Waals surface area contributed by atoms with E-state index >= 15 is 0 Å². The number of hydrogen-bond acceptors (Lipinski definition) is 3. The predicted molar refractivity (Wildman–Crippen MR) is 141 cm³/mol. The van der Waals surface area contributed by atoms with Crippen molar-refractivity contribution in [1.82, 2.24) is 15.2 Å². The first kappa shape index (κ1) is 24.1. The first-order valence-electron chi connectivity index (χ1n) is 12.1. The SMILES string of the molecule is COCCN1C(=O)c2ccccc2C(C(=O)NCCc2ccc(Cl)cc2)C1c1c[nH]c2ccccc12. The van der Waals surface area contributed by atoms with Crippen LogP contribution in [0.5, 0.6) is 0 Å². The summed E-state index contributed by atoms with van der Waals surface area (Å²) in [6.45, 7) is 1.23. The molecule has 36 heavy (non-hydrogen) atoms. The molecule has 1 aliphatic rings. The van der Waals surface area contributed by atoms with Gasteiger partial charge in [0, 0.05) is 53.4 Å². The van der Waals surface area contributed by atoms with Crippen LogP contribution in [-0.4, -0.2) is 48.5 Å². The number of ether oxygens (including phenoxy) is 1. The number of H-pyrrole nitrogens is 1. The smallest absolute Gasteiger partial charge is 0.254 e. The van der Waals surface area contributed by atoms with Crippen molar-refractivity contribution in [2.24, 2.45) is 0 Å². The molecule has 184 valence electrons. The molecule has 0 fully saturated rings. The van der Waals surface area contributed by atoms with Crippen molar-refractivity contribution in [2.45, 2.75) is 18.4 Å². The fourth-order valence-corrected chi connectivity index (χ4v) is 5.21. The number of para-hydroxylation sites is 1. The van der Waals surface area contributed by atoms with Crippen LogP contribution < -0.4 is 5.32 Å². The predicted octanol–water partition coefficient (Wildman–Crippen LogP) is 5.11. The number of rotatable bonds is 8. The quantitative estimate of drug-likeness (QED) is 0.352. The number of nitrogens with zero attached hydrogens (tertiary/aromatic N) is 1. The average molecular weight is 502 g/mol. The zero-order valence-corrected chi connectivity index (χ0v) is 20.8. The van der Waals surface area contributed by atoms with Crippen molar-refractivity contribution < 1.29 is 14.3 Å². The second kappa shape index (κ2) is 10.6. The van der Waals surface area contributed by atoms with E-state index in [-0.39, 0.29) is 11.8 Å². The Morgan fingerprint density at radius 1 is 1.03 bits per heavy atom. The molecule has 0 bridgehead atoms. The summed E-state index contributed by atoms with van der Waals surface area (Å²) in [5.74, 6) is -0.773. The van der Waals surface area contributed by atoms with E-state index in [1.807, 2.05) is 72.9 Å². The lowest BCUT2D eigenvalue weighted by Crippen LogP contribution is -2.48. The van der Waals surface area contributed by atoms with E-state index in [1.54, 1.807) is 18.1 Å². The van der Waals surface area contributed by atoms with Gasteiger partial charge in [0.05, 0.1) is 18.6 Å². The lowest BCUT2D eigenvalue weighted by molar-refractivity contribution is -0.124. The first-order valence-corrected chi connectivity index (χ1v) is 12.4. The molecule has 2 N–H and O–H groups in total. The lowest BCUT2D eigenvalue weighted by atomic mass is 9.79. The first-order chi connectivity index (χ1) is 17.6. The Bertz CT molecular complexity index is 1380. The molecule has 4 aromatic rings. The number of carbonyl (C=O) groups is 2. The van der Waals surface area contributed by atoms with Crippen LogP contribution in [0.3, 0.4) is 0 Å². The van der Waals surface area contributed by atoms with Gasteiger partial charge in [-0.15, -0.1) is 0 Å². The molecule has 0 spiro atoms. The van der Waals surface area contributed by atoms with Crippen LogP contribution in [0.15, 0.2) is 79.0 Å². The normalized spacial score (nSPS) is 17.3. The van der Waals surface area contributed by atoms with Crippen molar-refractivity contribution in [3.8, 4) is 0 Å². The van der Waals surface area contributed by atoms with Gasteiger partial charge >= 0.3 is 0 Å². The molecule has 7 heteroatoms. The summed E-state index contributed by atoms with van der Waals surface area (Å²) in [5.41, 5.74) is 4.28. The molecule has 1 aliphatic heterocycles. The Hall–Kier alpha value is -3.61. The fraction of sp³-hybridized carbons (Fsp3) is 0.241. The van der Waals surface area contributed by atoms with Crippen LogP contribution in [0.1, 0.15) is 39.0 Å². The van der Waals surface area contributed by atoms with E-state index in [0.717, 1.165) is 27.6 Å². The maximum absolute atomic E-state index is 13.9. The molecule has 3 aromatic carbocycles. The van der Waals surface area contributed by atoms with E-state index in [2.05, 4.69) is 10.3 Å². The van der Waals surface area contributed by atoms with Gasteiger partial charge in [0.2, 0.25) is 5.91 Å². The molecule has 0 saturated carbocycles. The number of aromatic amines is 1. The van der Waals surface area contributed by atoms with E-state index in [9.17, 15) is 9.59 Å². The summed E-state index contributed by atoms with van der Waals surface area (Å²) in [4.78, 5) is 32.6. The molecule has 2 amide bonds. The maximum atomic E-state index is 13.9. The Labute approximate surface area is 215 Å². The number of methoxy groups -OCH3 is 1. The van der Waals surface area contributed by atoms with E-state index in [0.29, 0.717) is 36.7 Å². The highest BCUT2D eigenvalue weighted by molar-refractivity contribution is 6.30. The number of halogens is 1. The molecular weight excluding hydrogens is 474 g/mol. The third kappa shape index (κ3) is 4.62. The molecule has 0 saturated heterocycles. The van der Waals surface area contributed by atoms with Crippen molar-refractivity contribution >= 4 is 34.3 Å². The van der Waals surface area contributed by atoms with Crippen LogP contribution in [0.4, 0.5) is 0 Å². The van der Waals surface area contributed by atoms with Crippen molar-refractivity contribution in [1.29, 1.82) is 0 Å². The zero-order chi connectivity index (χ0) is 25.1. The zero-order valence-electron chi connectivity index (χ0n) is 20.0. The van der Waals surface area contributed by atoms with Crippen LogP contribution >= 0.6 is 11.6 Å². The number of hydrogen-bond donors (Lipinski definition) is 2. The summed E-state index contributed by atoms with van der Waals surface area (Å²) in [5, 5.41) is 4.82. The molecule has 6 nitrogen and oxygen atoms in total. The highest BCUT2D eigenvalue weighted by Gasteiger charge is 2.44. The summed E-state index contributed by atoms with van der Waals surface area (Å²) >= 11 is 6.00. The summed E-state index contributed by atoms with van der Waals surface area (Å²) in [7, 11) is 1.62. The fourth-order valence-electron chi connectivity index (χ4n) is 5.09. The highest BCUT2D eigenvalue weighted by Crippen LogP contribution is 2.44. The number of aromatic nitrogens is 1. The van der Waals surface area contributed by atoms with Gasteiger partial charge in [-0.3, -0.25) is 9.59 Å². The molecule has 5 rings (SSSR count). The largest absolute Gasteiger partial charge is 0.383 e. The number of amides is 2. The van der Waals surface area contributed by atoms with Crippen molar-refractivity contribution in [3.05, 3.63) is 106 Å². The maximum Gasteiger partial charge on any atom is 0.254 e. The minimum absolute atomic E-state index is 0.0943. The minimum atomic E-state index is -0.569. The summed E-state index contributed by atoms with van der Waals surface area (Å²) in [6, 6.07) is 22.5. The number of nitrogens with one attached hydrogen (secondary N) is 2. The monoisotopic (exact) mass is 501 g/mol. The molecule has 2 unspecified atom stereocenters. The standard InChI is InChI=1S/C29H28ClN3O3/c1-36-17-16-33-27(24-18-32-25-9-5-4-6-21(24)25)26(22-7-2-3-8-23(22)29(33)35)28(34)31-15-14-19-10-12-20(30)13-11-19/h2-13,18,26-27,32H,14-17H2,1H3,(H,31,34). The molecule has 1 aromatic heterocycles. The average Bonchev–Trinajstić information content (AvgIpc) is 3.33. The third-order valence-electron chi connectivity index (χ3n) is 6.82. The van der Waals surface area contributed by atoms with Gasteiger partial charge < -0.3 is 19.9 Å². The second-order valence-corrected chi connectivity index (χ2v) is 9.39.